The summed E-state index contributed by atoms with van der Waals surface area (Å²) in [5.41, 5.74) is -0.286. The molecule has 0 amide bonds. The van der Waals surface area contributed by atoms with E-state index in [0.29, 0.717) is 12.0 Å². The van der Waals surface area contributed by atoms with Crippen LogP contribution in [0, 0.1) is 22.7 Å². The van der Waals surface area contributed by atoms with Crippen LogP contribution in [-0.4, -0.2) is 38.3 Å². The molecule has 15 heavy (non-hydrogen) atoms. The van der Waals surface area contributed by atoms with E-state index in [9.17, 15) is 5.26 Å². The van der Waals surface area contributed by atoms with Crippen LogP contribution >= 0.6 is 0 Å². The lowest BCUT2D eigenvalue weighted by atomic mass is 9.75. The highest BCUT2D eigenvalue weighted by Crippen LogP contribution is 2.33. The van der Waals surface area contributed by atoms with E-state index in [0.717, 1.165) is 26.1 Å². The lowest BCUT2D eigenvalue weighted by Crippen LogP contribution is -2.47. The molecule has 0 saturated carbocycles. The molecule has 0 radical (unpaired) electrons. The first-order valence-electron chi connectivity index (χ1n) is 5.64. The van der Waals surface area contributed by atoms with Gasteiger partial charge in [-0.05, 0) is 46.7 Å². The van der Waals surface area contributed by atoms with E-state index in [4.69, 9.17) is 4.74 Å². The van der Waals surface area contributed by atoms with Gasteiger partial charge in [-0.2, -0.15) is 5.26 Å². The number of nitrogens with zero attached hydrogens (tertiary/aromatic N) is 2. The van der Waals surface area contributed by atoms with Gasteiger partial charge in [-0.1, -0.05) is 0 Å². The van der Waals surface area contributed by atoms with Crippen molar-refractivity contribution in [3.63, 3.8) is 0 Å². The summed E-state index contributed by atoms with van der Waals surface area (Å²) in [5.74, 6) is 0.586. The quantitative estimate of drug-likeness (QED) is 0.713. The van der Waals surface area contributed by atoms with Gasteiger partial charge in [0.25, 0.3) is 0 Å². The molecule has 0 bridgehead atoms. The van der Waals surface area contributed by atoms with Crippen LogP contribution in [-0.2, 0) is 4.74 Å². The minimum absolute atomic E-state index is 0.286. The van der Waals surface area contributed by atoms with Gasteiger partial charge in [-0.25, -0.2) is 0 Å². The molecule has 3 nitrogen and oxygen atoms in total. The lowest BCUT2D eigenvalue weighted by Gasteiger charge is -2.41. The maximum absolute atomic E-state index is 9.24. The normalized spacial score (nSPS) is 21.3. The predicted octanol–water partition coefficient (Wildman–Crippen LogP) is 1.89. The Kier molecular flexibility index (Phi) is 4.12. The molecule has 0 aromatic carbocycles. The van der Waals surface area contributed by atoms with E-state index in [1.54, 1.807) is 0 Å². The third kappa shape index (κ3) is 2.93. The topological polar surface area (TPSA) is 36.3 Å². The molecular weight excluding hydrogens is 188 g/mol. The lowest BCUT2D eigenvalue weighted by molar-refractivity contribution is 0.0134. The molecule has 1 heterocycles. The van der Waals surface area contributed by atoms with Crippen LogP contribution in [0.2, 0.25) is 0 Å². The Labute approximate surface area is 93.0 Å². The molecule has 1 atom stereocenters. The zero-order valence-corrected chi connectivity index (χ0v) is 10.3. The Bertz CT molecular complexity index is 236. The van der Waals surface area contributed by atoms with Crippen LogP contribution in [0.1, 0.15) is 26.7 Å². The van der Waals surface area contributed by atoms with Gasteiger partial charge in [0.2, 0.25) is 0 Å². The van der Waals surface area contributed by atoms with Crippen molar-refractivity contribution in [1.82, 2.24) is 4.90 Å². The number of nitriles is 1. The Morgan fingerprint density at radius 3 is 2.27 bits per heavy atom. The molecule has 3 heteroatoms. The molecule has 0 aromatic heterocycles. The standard InChI is InChI=1S/C12H22N2O/c1-12(2,9-13)11(14(3)4)10-5-7-15-8-6-10/h10-11H,5-8H2,1-4H3. The third-order valence-corrected chi connectivity index (χ3v) is 3.30. The van der Waals surface area contributed by atoms with E-state index >= 15 is 0 Å². The van der Waals surface area contributed by atoms with Gasteiger partial charge >= 0.3 is 0 Å². The second-order valence-electron chi connectivity index (χ2n) is 5.19. The SMILES string of the molecule is CN(C)C(C1CCOCC1)C(C)(C)C#N. The van der Waals surface area contributed by atoms with Gasteiger partial charge in [0.15, 0.2) is 0 Å². The van der Waals surface area contributed by atoms with Crippen molar-refractivity contribution in [2.45, 2.75) is 32.7 Å². The van der Waals surface area contributed by atoms with Crippen LogP contribution in [0.4, 0.5) is 0 Å². The number of hydrogen-bond acceptors (Lipinski definition) is 3. The minimum atomic E-state index is -0.286. The highest BCUT2D eigenvalue weighted by atomic mass is 16.5. The summed E-state index contributed by atoms with van der Waals surface area (Å²) in [5, 5.41) is 9.24. The first-order chi connectivity index (χ1) is 6.99. The molecule has 1 aliphatic rings. The number of hydrogen-bond donors (Lipinski definition) is 0. The van der Waals surface area contributed by atoms with Gasteiger partial charge in [0, 0.05) is 19.3 Å². The summed E-state index contributed by atoms with van der Waals surface area (Å²) in [6.45, 7) is 5.76. The van der Waals surface area contributed by atoms with Gasteiger partial charge < -0.3 is 9.64 Å². The summed E-state index contributed by atoms with van der Waals surface area (Å²) >= 11 is 0. The first kappa shape index (κ1) is 12.5. The Balaban J connectivity index is 2.78. The maximum atomic E-state index is 9.24. The Morgan fingerprint density at radius 2 is 1.87 bits per heavy atom. The largest absolute Gasteiger partial charge is 0.381 e. The average Bonchev–Trinajstić information content (AvgIpc) is 2.18. The molecule has 1 aliphatic heterocycles. The van der Waals surface area contributed by atoms with Crippen molar-refractivity contribution in [2.75, 3.05) is 27.3 Å². The van der Waals surface area contributed by atoms with Crippen LogP contribution in [0.3, 0.4) is 0 Å². The molecule has 0 aromatic rings. The van der Waals surface area contributed by atoms with Gasteiger partial charge in [0.05, 0.1) is 11.5 Å². The molecule has 0 aliphatic carbocycles. The van der Waals surface area contributed by atoms with Crippen molar-refractivity contribution >= 4 is 0 Å². The zero-order chi connectivity index (χ0) is 11.5. The maximum Gasteiger partial charge on any atom is 0.0700 e. The second kappa shape index (κ2) is 4.96. The fraction of sp³-hybridized carbons (Fsp3) is 0.917. The monoisotopic (exact) mass is 210 g/mol. The van der Waals surface area contributed by atoms with Crippen LogP contribution in [0.5, 0.6) is 0 Å². The van der Waals surface area contributed by atoms with Gasteiger partial charge in [0.1, 0.15) is 0 Å². The molecule has 86 valence electrons. The molecular formula is C12H22N2O. The predicted molar refractivity (Wildman–Crippen MR) is 60.4 cm³/mol. The molecule has 1 unspecified atom stereocenters. The minimum Gasteiger partial charge on any atom is -0.381 e. The summed E-state index contributed by atoms with van der Waals surface area (Å²) in [4.78, 5) is 2.19. The summed E-state index contributed by atoms with van der Waals surface area (Å²) in [6, 6.07) is 2.76. The Hall–Kier alpha value is -0.590. The van der Waals surface area contributed by atoms with Crippen molar-refractivity contribution in [1.29, 1.82) is 5.26 Å². The second-order valence-corrected chi connectivity index (χ2v) is 5.19. The summed E-state index contributed by atoms with van der Waals surface area (Å²) < 4.78 is 5.37. The summed E-state index contributed by atoms with van der Waals surface area (Å²) in [7, 11) is 4.14. The Morgan fingerprint density at radius 1 is 1.33 bits per heavy atom. The van der Waals surface area contributed by atoms with E-state index in [1.165, 1.54) is 0 Å². The molecule has 1 saturated heterocycles. The van der Waals surface area contributed by atoms with Crippen molar-refractivity contribution in [3.8, 4) is 6.07 Å². The van der Waals surface area contributed by atoms with E-state index in [1.807, 2.05) is 13.8 Å². The van der Waals surface area contributed by atoms with E-state index in [2.05, 4.69) is 25.1 Å². The number of ether oxygens (including phenoxy) is 1. The highest BCUT2D eigenvalue weighted by Gasteiger charge is 2.37. The zero-order valence-electron chi connectivity index (χ0n) is 10.3. The molecule has 1 fully saturated rings. The van der Waals surface area contributed by atoms with Gasteiger partial charge in [-0.15, -0.1) is 0 Å². The fourth-order valence-corrected chi connectivity index (χ4v) is 2.75. The molecule has 0 spiro atoms. The van der Waals surface area contributed by atoms with Gasteiger partial charge in [-0.3, -0.25) is 0 Å². The van der Waals surface area contributed by atoms with E-state index in [-0.39, 0.29) is 5.41 Å². The molecule has 1 rings (SSSR count). The number of rotatable bonds is 3. The highest BCUT2D eigenvalue weighted by molar-refractivity contribution is 5.03. The van der Waals surface area contributed by atoms with Crippen LogP contribution < -0.4 is 0 Å². The average molecular weight is 210 g/mol. The molecule has 0 N–H and O–H groups in total. The van der Waals surface area contributed by atoms with Crippen LogP contribution in [0.15, 0.2) is 0 Å². The summed E-state index contributed by atoms with van der Waals surface area (Å²) in [6.07, 6.45) is 2.15. The first-order valence-corrected chi connectivity index (χ1v) is 5.64. The smallest absolute Gasteiger partial charge is 0.0700 e. The van der Waals surface area contributed by atoms with Crippen molar-refractivity contribution < 1.29 is 4.74 Å². The van der Waals surface area contributed by atoms with Crippen molar-refractivity contribution in [2.24, 2.45) is 11.3 Å². The van der Waals surface area contributed by atoms with Crippen molar-refractivity contribution in [3.05, 3.63) is 0 Å². The van der Waals surface area contributed by atoms with E-state index < -0.39 is 0 Å². The van der Waals surface area contributed by atoms with Crippen LogP contribution in [0.25, 0.3) is 0 Å². The fourth-order valence-electron chi connectivity index (χ4n) is 2.75. The third-order valence-electron chi connectivity index (χ3n) is 3.30.